The fourth-order valence-electron chi connectivity index (χ4n) is 3.24. The summed E-state index contributed by atoms with van der Waals surface area (Å²) in [6.07, 6.45) is -4.80. The first-order valence-corrected chi connectivity index (χ1v) is 12.6. The maximum Gasteiger partial charge on any atom is 0.573 e. The molecule has 0 aliphatic heterocycles. The van der Waals surface area contributed by atoms with Crippen LogP contribution in [0.2, 0.25) is 0 Å². The quantitative estimate of drug-likeness (QED) is 0.319. The van der Waals surface area contributed by atoms with Gasteiger partial charge in [-0.2, -0.15) is 4.98 Å². The van der Waals surface area contributed by atoms with Gasteiger partial charge in [-0.1, -0.05) is 17.3 Å². The van der Waals surface area contributed by atoms with Gasteiger partial charge in [-0.3, -0.25) is 0 Å². The SMILES string of the molecule is Cc1nc(-c2nc(-c3ccc(OC(F)(F)F)cc3)no2)nn1Cc1cccc(S(=O)(=O)NCC(C)(C)O)c1. The molecule has 0 aliphatic carbocycles. The summed E-state index contributed by atoms with van der Waals surface area (Å²) in [6, 6.07) is 11.2. The summed E-state index contributed by atoms with van der Waals surface area (Å²) in [5, 5.41) is 18.0. The van der Waals surface area contributed by atoms with Crippen LogP contribution >= 0.6 is 0 Å². The van der Waals surface area contributed by atoms with Crippen molar-refractivity contribution in [3.63, 3.8) is 0 Å². The number of sulfonamides is 1. The predicted octanol–water partition coefficient (Wildman–Crippen LogP) is 3.30. The van der Waals surface area contributed by atoms with Gasteiger partial charge < -0.3 is 14.4 Å². The highest BCUT2D eigenvalue weighted by Gasteiger charge is 2.31. The van der Waals surface area contributed by atoms with Crippen LogP contribution in [0.4, 0.5) is 13.2 Å². The van der Waals surface area contributed by atoms with E-state index in [1.807, 2.05) is 0 Å². The maximum atomic E-state index is 12.6. The third kappa shape index (κ3) is 6.93. The molecule has 0 aliphatic rings. The van der Waals surface area contributed by atoms with Gasteiger partial charge >= 0.3 is 6.36 Å². The lowest BCUT2D eigenvalue weighted by Gasteiger charge is -2.18. The fraction of sp³-hybridized carbons (Fsp3) is 0.304. The largest absolute Gasteiger partial charge is 0.573 e. The van der Waals surface area contributed by atoms with Gasteiger partial charge in [0, 0.05) is 12.1 Å². The van der Waals surface area contributed by atoms with E-state index in [0.29, 0.717) is 17.0 Å². The Morgan fingerprint density at radius 1 is 1.08 bits per heavy atom. The molecule has 4 rings (SSSR count). The zero-order valence-electron chi connectivity index (χ0n) is 20.4. The molecule has 0 saturated carbocycles. The number of halogens is 3. The first-order chi connectivity index (χ1) is 17.7. The van der Waals surface area contributed by atoms with Crippen LogP contribution in [0.15, 0.2) is 57.9 Å². The van der Waals surface area contributed by atoms with E-state index in [2.05, 4.69) is 29.7 Å². The molecule has 2 N–H and O–H groups in total. The summed E-state index contributed by atoms with van der Waals surface area (Å²) >= 11 is 0. The van der Waals surface area contributed by atoms with Gasteiger partial charge in [-0.15, -0.1) is 18.3 Å². The molecule has 0 atom stereocenters. The van der Waals surface area contributed by atoms with Crippen molar-refractivity contribution < 1.29 is 36.0 Å². The molecular weight excluding hydrogens is 529 g/mol. The van der Waals surface area contributed by atoms with Gasteiger partial charge in [0.1, 0.15) is 11.6 Å². The predicted molar refractivity (Wildman–Crippen MR) is 127 cm³/mol. The Morgan fingerprint density at radius 3 is 2.45 bits per heavy atom. The Bertz CT molecular complexity index is 1530. The molecule has 11 nitrogen and oxygen atoms in total. The Morgan fingerprint density at radius 2 is 1.79 bits per heavy atom. The van der Waals surface area contributed by atoms with Crippen LogP contribution in [0.1, 0.15) is 25.2 Å². The van der Waals surface area contributed by atoms with Gasteiger partial charge in [0.25, 0.3) is 5.89 Å². The minimum Gasteiger partial charge on any atom is -0.406 e. The van der Waals surface area contributed by atoms with Crippen LogP contribution in [-0.4, -0.2) is 56.9 Å². The molecule has 15 heteroatoms. The zero-order valence-corrected chi connectivity index (χ0v) is 21.2. The maximum absolute atomic E-state index is 12.6. The second-order valence-corrected chi connectivity index (χ2v) is 10.7. The average Bonchev–Trinajstić information content (AvgIpc) is 3.44. The van der Waals surface area contributed by atoms with E-state index in [-0.39, 0.29) is 41.3 Å². The molecule has 0 spiro atoms. The van der Waals surface area contributed by atoms with Crippen LogP contribution in [0.5, 0.6) is 5.75 Å². The number of hydrogen-bond donors (Lipinski definition) is 2. The number of benzene rings is 2. The Hall–Kier alpha value is -3.82. The topological polar surface area (TPSA) is 145 Å². The molecule has 38 heavy (non-hydrogen) atoms. The van der Waals surface area contributed by atoms with E-state index in [4.69, 9.17) is 4.52 Å². The second-order valence-electron chi connectivity index (χ2n) is 8.92. The van der Waals surface area contributed by atoms with Crippen molar-refractivity contribution in [3.8, 4) is 28.9 Å². The number of aryl methyl sites for hydroxylation is 1. The molecule has 2 heterocycles. The molecule has 0 bridgehead atoms. The monoisotopic (exact) mass is 552 g/mol. The summed E-state index contributed by atoms with van der Waals surface area (Å²) in [5.41, 5.74) is -0.191. The summed E-state index contributed by atoms with van der Waals surface area (Å²) in [5.74, 6) is 0.329. The third-order valence-electron chi connectivity index (χ3n) is 5.06. The van der Waals surface area contributed by atoms with Gasteiger partial charge in [0.05, 0.1) is 17.0 Å². The molecule has 0 unspecified atom stereocenters. The van der Waals surface area contributed by atoms with Gasteiger partial charge in [-0.05, 0) is 62.7 Å². The van der Waals surface area contributed by atoms with Crippen molar-refractivity contribution in [2.75, 3.05) is 6.54 Å². The lowest BCUT2D eigenvalue weighted by atomic mass is 10.1. The van der Waals surface area contributed by atoms with Gasteiger partial charge in [0.2, 0.25) is 21.7 Å². The van der Waals surface area contributed by atoms with Crippen LogP contribution in [0.25, 0.3) is 23.1 Å². The molecule has 0 amide bonds. The minimum atomic E-state index is -4.80. The lowest BCUT2D eigenvalue weighted by Crippen LogP contribution is -2.38. The van der Waals surface area contributed by atoms with E-state index in [9.17, 15) is 26.7 Å². The fourth-order valence-corrected chi connectivity index (χ4v) is 4.51. The van der Waals surface area contributed by atoms with Crippen LogP contribution in [-0.2, 0) is 16.6 Å². The highest BCUT2D eigenvalue weighted by molar-refractivity contribution is 7.89. The number of aliphatic hydroxyl groups is 1. The number of alkyl halides is 3. The molecular formula is C23H23F3N6O5S. The molecule has 202 valence electrons. The number of nitrogens with one attached hydrogen (secondary N) is 1. The second kappa shape index (κ2) is 10.2. The summed E-state index contributed by atoms with van der Waals surface area (Å²) in [6.45, 7) is 4.72. The molecule has 2 aromatic carbocycles. The van der Waals surface area contributed by atoms with Gasteiger partial charge in [-0.25, -0.2) is 22.8 Å². The first-order valence-electron chi connectivity index (χ1n) is 11.1. The molecule has 0 fully saturated rings. The number of ether oxygens (including phenoxy) is 1. The van der Waals surface area contributed by atoms with Crippen molar-refractivity contribution in [2.45, 2.75) is 44.2 Å². The van der Waals surface area contributed by atoms with E-state index in [0.717, 1.165) is 12.1 Å². The van der Waals surface area contributed by atoms with Crippen LogP contribution in [0.3, 0.4) is 0 Å². The summed E-state index contributed by atoms with van der Waals surface area (Å²) in [4.78, 5) is 8.57. The zero-order chi connectivity index (χ0) is 27.7. The molecule has 0 saturated heterocycles. The Balaban J connectivity index is 1.49. The van der Waals surface area contributed by atoms with Crippen LogP contribution < -0.4 is 9.46 Å². The standard InChI is InChI=1S/C23H23F3N6O5S/c1-14-28-20(21-29-19(31-37-21)16-7-9-17(10-8-16)36-23(24,25)26)30-32(14)12-15-5-4-6-18(11-15)38(34,35)27-13-22(2,3)33/h4-11,27,33H,12-13H2,1-3H3. The number of nitrogens with zero attached hydrogens (tertiary/aromatic N) is 5. The Labute approximate surface area is 215 Å². The summed E-state index contributed by atoms with van der Waals surface area (Å²) < 4.78 is 75.2. The lowest BCUT2D eigenvalue weighted by molar-refractivity contribution is -0.274. The van der Waals surface area contributed by atoms with E-state index >= 15 is 0 Å². The minimum absolute atomic E-state index is 0.00962. The molecule has 4 aromatic rings. The van der Waals surface area contributed by atoms with Gasteiger partial charge in [0.15, 0.2) is 0 Å². The number of rotatable bonds is 9. The Kier molecular flexibility index (Phi) is 7.27. The van der Waals surface area contributed by atoms with E-state index in [1.54, 1.807) is 19.1 Å². The first kappa shape index (κ1) is 27.2. The van der Waals surface area contributed by atoms with Crippen molar-refractivity contribution in [1.29, 1.82) is 0 Å². The molecule has 2 aromatic heterocycles. The number of hydrogen-bond acceptors (Lipinski definition) is 9. The van der Waals surface area contributed by atoms with Crippen molar-refractivity contribution in [2.24, 2.45) is 0 Å². The van der Waals surface area contributed by atoms with Crippen molar-refractivity contribution >= 4 is 10.0 Å². The third-order valence-corrected chi connectivity index (χ3v) is 6.45. The van der Waals surface area contributed by atoms with Crippen LogP contribution in [0, 0.1) is 6.92 Å². The van der Waals surface area contributed by atoms with E-state index in [1.165, 1.54) is 42.8 Å². The highest BCUT2D eigenvalue weighted by atomic mass is 32.2. The number of aromatic nitrogens is 5. The average molecular weight is 553 g/mol. The molecule has 0 radical (unpaired) electrons. The smallest absolute Gasteiger partial charge is 0.406 e. The van der Waals surface area contributed by atoms with E-state index < -0.39 is 22.0 Å². The normalized spacial score (nSPS) is 12.6. The summed E-state index contributed by atoms with van der Waals surface area (Å²) in [7, 11) is -3.84. The van der Waals surface area contributed by atoms with Crippen molar-refractivity contribution in [1.82, 2.24) is 29.6 Å². The highest BCUT2D eigenvalue weighted by Crippen LogP contribution is 2.26. The van der Waals surface area contributed by atoms with Crippen molar-refractivity contribution in [3.05, 3.63) is 59.9 Å².